The van der Waals surface area contributed by atoms with E-state index in [1.165, 1.54) is 5.56 Å². The smallest absolute Gasteiger partial charge is 0.221 e. The lowest BCUT2D eigenvalue weighted by Crippen LogP contribution is -2.28. The molecule has 0 radical (unpaired) electrons. The molecular formula is C12H19ClN2O. The average molecular weight is 243 g/mol. The topological polar surface area (TPSA) is 41.1 Å². The predicted octanol–water partition coefficient (Wildman–Crippen LogP) is 1.38. The fourth-order valence-corrected chi connectivity index (χ4v) is 1.32. The van der Waals surface area contributed by atoms with E-state index < -0.39 is 0 Å². The highest BCUT2D eigenvalue weighted by atomic mass is 35.5. The van der Waals surface area contributed by atoms with Crippen LogP contribution in [0, 0.1) is 0 Å². The van der Waals surface area contributed by atoms with Gasteiger partial charge in [-0.05, 0) is 19.0 Å². The minimum absolute atomic E-state index is 0. The summed E-state index contributed by atoms with van der Waals surface area (Å²) in [5.74, 6) is 0.111. The van der Waals surface area contributed by atoms with E-state index in [2.05, 4.69) is 22.8 Å². The molecule has 0 spiro atoms. The van der Waals surface area contributed by atoms with Crippen LogP contribution in [0.15, 0.2) is 30.3 Å². The molecule has 4 heteroatoms. The van der Waals surface area contributed by atoms with Gasteiger partial charge in [0.2, 0.25) is 5.91 Å². The summed E-state index contributed by atoms with van der Waals surface area (Å²) in [6.07, 6.45) is 1.44. The first-order chi connectivity index (χ1) is 7.33. The minimum atomic E-state index is 0. The standard InChI is InChI=1S/C12H18N2O.ClH/c1-13-9-8-12(15)14-10-7-11-5-3-2-4-6-11;/h2-6,13H,7-10H2,1H3,(H,14,15);1H. The van der Waals surface area contributed by atoms with Crippen molar-refractivity contribution in [1.29, 1.82) is 0 Å². The summed E-state index contributed by atoms with van der Waals surface area (Å²) in [5, 5.41) is 5.83. The molecule has 0 fully saturated rings. The van der Waals surface area contributed by atoms with Crippen molar-refractivity contribution in [3.63, 3.8) is 0 Å². The predicted molar refractivity (Wildman–Crippen MR) is 68.9 cm³/mol. The Kier molecular flexibility index (Phi) is 8.58. The quantitative estimate of drug-likeness (QED) is 0.791. The van der Waals surface area contributed by atoms with Crippen molar-refractivity contribution in [2.45, 2.75) is 12.8 Å². The first kappa shape index (κ1) is 14.9. The Morgan fingerprint density at radius 2 is 1.88 bits per heavy atom. The van der Waals surface area contributed by atoms with E-state index >= 15 is 0 Å². The molecule has 0 aliphatic rings. The normalized spacial score (nSPS) is 9.31. The van der Waals surface area contributed by atoms with Gasteiger partial charge in [-0.15, -0.1) is 12.4 Å². The molecule has 16 heavy (non-hydrogen) atoms. The number of benzene rings is 1. The van der Waals surface area contributed by atoms with Crippen molar-refractivity contribution >= 4 is 18.3 Å². The fourth-order valence-electron chi connectivity index (χ4n) is 1.32. The number of halogens is 1. The molecule has 0 saturated heterocycles. The fraction of sp³-hybridized carbons (Fsp3) is 0.417. The first-order valence-electron chi connectivity index (χ1n) is 5.28. The third-order valence-corrected chi connectivity index (χ3v) is 2.18. The highest BCUT2D eigenvalue weighted by Crippen LogP contribution is 1.97. The number of amides is 1. The number of hydrogen-bond donors (Lipinski definition) is 2. The zero-order valence-electron chi connectivity index (χ0n) is 9.53. The van der Waals surface area contributed by atoms with Crippen molar-refractivity contribution in [2.24, 2.45) is 0 Å². The van der Waals surface area contributed by atoms with E-state index in [1.807, 2.05) is 25.2 Å². The average Bonchev–Trinajstić information content (AvgIpc) is 2.28. The summed E-state index contributed by atoms with van der Waals surface area (Å²) in [5.41, 5.74) is 1.26. The van der Waals surface area contributed by atoms with Crippen molar-refractivity contribution < 1.29 is 4.79 Å². The van der Waals surface area contributed by atoms with Gasteiger partial charge in [-0.1, -0.05) is 30.3 Å². The van der Waals surface area contributed by atoms with Crippen LogP contribution in [-0.2, 0) is 11.2 Å². The summed E-state index contributed by atoms with van der Waals surface area (Å²) in [7, 11) is 1.84. The van der Waals surface area contributed by atoms with Gasteiger partial charge in [0.15, 0.2) is 0 Å². The molecule has 0 bridgehead atoms. The highest BCUT2D eigenvalue weighted by Gasteiger charge is 1.98. The number of rotatable bonds is 6. The van der Waals surface area contributed by atoms with Crippen LogP contribution in [-0.4, -0.2) is 26.0 Å². The molecule has 0 saturated carbocycles. The summed E-state index contributed by atoms with van der Waals surface area (Å²) < 4.78 is 0. The van der Waals surface area contributed by atoms with Crippen molar-refractivity contribution in [3.05, 3.63) is 35.9 Å². The Labute approximate surface area is 103 Å². The maximum Gasteiger partial charge on any atom is 0.221 e. The summed E-state index contributed by atoms with van der Waals surface area (Å²) in [6, 6.07) is 10.2. The third kappa shape index (κ3) is 6.43. The van der Waals surface area contributed by atoms with Gasteiger partial charge < -0.3 is 10.6 Å². The molecular weight excluding hydrogens is 224 g/mol. The minimum Gasteiger partial charge on any atom is -0.356 e. The molecule has 0 heterocycles. The van der Waals surface area contributed by atoms with Crippen LogP contribution in [0.5, 0.6) is 0 Å². The third-order valence-electron chi connectivity index (χ3n) is 2.18. The Balaban J connectivity index is 0.00000225. The van der Waals surface area contributed by atoms with E-state index in [1.54, 1.807) is 0 Å². The Hall–Kier alpha value is -1.06. The molecule has 0 aliphatic heterocycles. The van der Waals surface area contributed by atoms with Gasteiger partial charge >= 0.3 is 0 Å². The molecule has 0 aromatic heterocycles. The van der Waals surface area contributed by atoms with E-state index in [4.69, 9.17) is 0 Å². The molecule has 0 aliphatic carbocycles. The van der Waals surface area contributed by atoms with Crippen LogP contribution < -0.4 is 10.6 Å². The van der Waals surface area contributed by atoms with Gasteiger partial charge in [0.1, 0.15) is 0 Å². The van der Waals surface area contributed by atoms with Crippen LogP contribution in [0.2, 0.25) is 0 Å². The van der Waals surface area contributed by atoms with E-state index in [-0.39, 0.29) is 18.3 Å². The van der Waals surface area contributed by atoms with Gasteiger partial charge in [-0.2, -0.15) is 0 Å². The first-order valence-corrected chi connectivity index (χ1v) is 5.28. The number of carbonyl (C=O) groups is 1. The maximum atomic E-state index is 11.2. The van der Waals surface area contributed by atoms with Crippen LogP contribution in [0.1, 0.15) is 12.0 Å². The summed E-state index contributed by atoms with van der Waals surface area (Å²) in [4.78, 5) is 11.2. The molecule has 3 nitrogen and oxygen atoms in total. The van der Waals surface area contributed by atoms with Gasteiger partial charge in [0, 0.05) is 19.5 Å². The lowest BCUT2D eigenvalue weighted by atomic mass is 10.1. The van der Waals surface area contributed by atoms with E-state index in [9.17, 15) is 4.79 Å². The number of hydrogen-bond acceptors (Lipinski definition) is 2. The molecule has 1 amide bonds. The second kappa shape index (κ2) is 9.19. The molecule has 1 rings (SSSR count). The zero-order valence-corrected chi connectivity index (χ0v) is 10.3. The van der Waals surface area contributed by atoms with Gasteiger partial charge in [-0.3, -0.25) is 4.79 Å². The Bertz CT molecular complexity index is 290. The van der Waals surface area contributed by atoms with E-state index in [0.717, 1.165) is 13.0 Å². The SMILES string of the molecule is CNCCC(=O)NCCc1ccccc1.Cl. The van der Waals surface area contributed by atoms with Gasteiger partial charge in [0.25, 0.3) is 0 Å². The van der Waals surface area contributed by atoms with Crippen molar-refractivity contribution in [2.75, 3.05) is 20.1 Å². The van der Waals surface area contributed by atoms with Gasteiger partial charge in [-0.25, -0.2) is 0 Å². The molecule has 2 N–H and O–H groups in total. The Morgan fingerprint density at radius 1 is 1.19 bits per heavy atom. The highest BCUT2D eigenvalue weighted by molar-refractivity contribution is 5.85. The lowest BCUT2D eigenvalue weighted by Gasteiger charge is -2.04. The molecule has 0 atom stereocenters. The zero-order chi connectivity index (χ0) is 10.9. The number of nitrogens with one attached hydrogen (secondary N) is 2. The summed E-state index contributed by atoms with van der Waals surface area (Å²) >= 11 is 0. The maximum absolute atomic E-state index is 11.2. The second-order valence-electron chi connectivity index (χ2n) is 3.44. The van der Waals surface area contributed by atoms with Gasteiger partial charge in [0.05, 0.1) is 0 Å². The van der Waals surface area contributed by atoms with Crippen molar-refractivity contribution in [3.8, 4) is 0 Å². The van der Waals surface area contributed by atoms with Crippen LogP contribution in [0.3, 0.4) is 0 Å². The Morgan fingerprint density at radius 3 is 2.50 bits per heavy atom. The van der Waals surface area contributed by atoms with E-state index in [0.29, 0.717) is 13.0 Å². The van der Waals surface area contributed by atoms with Crippen LogP contribution in [0.4, 0.5) is 0 Å². The van der Waals surface area contributed by atoms with Crippen molar-refractivity contribution in [1.82, 2.24) is 10.6 Å². The number of carbonyl (C=O) groups excluding carboxylic acids is 1. The molecule has 1 aromatic carbocycles. The largest absolute Gasteiger partial charge is 0.356 e. The second-order valence-corrected chi connectivity index (χ2v) is 3.44. The monoisotopic (exact) mass is 242 g/mol. The van der Waals surface area contributed by atoms with Crippen LogP contribution in [0.25, 0.3) is 0 Å². The molecule has 1 aromatic rings. The van der Waals surface area contributed by atoms with Crippen LogP contribution >= 0.6 is 12.4 Å². The molecule has 90 valence electrons. The molecule has 0 unspecified atom stereocenters. The summed E-state index contributed by atoms with van der Waals surface area (Å²) in [6.45, 7) is 1.45. The lowest BCUT2D eigenvalue weighted by molar-refractivity contribution is -0.120.